The SMILES string of the molecule is O=C1CCN(c2cnn3ccc(CN4CCN5CCCC[C@H]5C4)cc23)C(=O)N1. The Bertz CT molecular complexity index is 909. The molecule has 3 saturated heterocycles. The Morgan fingerprint density at radius 1 is 1.14 bits per heavy atom. The number of aromatic nitrogens is 2. The molecule has 0 saturated carbocycles. The molecule has 0 spiro atoms. The highest BCUT2D eigenvalue weighted by Gasteiger charge is 2.29. The van der Waals surface area contributed by atoms with Crippen LogP contribution in [0.1, 0.15) is 31.2 Å². The molecule has 0 radical (unpaired) electrons. The minimum Gasteiger partial charge on any atom is -0.298 e. The number of anilines is 1. The van der Waals surface area contributed by atoms with Crippen LogP contribution < -0.4 is 10.2 Å². The highest BCUT2D eigenvalue weighted by atomic mass is 16.2. The van der Waals surface area contributed by atoms with Crippen LogP contribution in [0.3, 0.4) is 0 Å². The Morgan fingerprint density at radius 2 is 2.07 bits per heavy atom. The van der Waals surface area contributed by atoms with Gasteiger partial charge in [-0.3, -0.25) is 24.8 Å². The van der Waals surface area contributed by atoms with Crippen LogP contribution in [0.2, 0.25) is 0 Å². The quantitative estimate of drug-likeness (QED) is 0.870. The molecule has 8 heteroatoms. The normalized spacial score (nSPS) is 24.4. The number of piperazine rings is 1. The molecule has 148 valence electrons. The molecule has 1 N–H and O–H groups in total. The number of carbonyl (C=O) groups is 2. The van der Waals surface area contributed by atoms with Crippen molar-refractivity contribution in [3.63, 3.8) is 0 Å². The molecule has 0 unspecified atom stereocenters. The summed E-state index contributed by atoms with van der Waals surface area (Å²) in [4.78, 5) is 30.5. The predicted molar refractivity (Wildman–Crippen MR) is 105 cm³/mol. The van der Waals surface area contributed by atoms with Gasteiger partial charge < -0.3 is 0 Å². The first-order chi connectivity index (χ1) is 13.7. The maximum absolute atomic E-state index is 12.2. The fourth-order valence-corrected chi connectivity index (χ4v) is 4.73. The largest absolute Gasteiger partial charge is 0.328 e. The van der Waals surface area contributed by atoms with Crippen molar-refractivity contribution in [3.8, 4) is 0 Å². The van der Waals surface area contributed by atoms with E-state index >= 15 is 0 Å². The first-order valence-electron chi connectivity index (χ1n) is 10.2. The lowest BCUT2D eigenvalue weighted by Gasteiger charge is -2.44. The lowest BCUT2D eigenvalue weighted by molar-refractivity contribution is -0.120. The minimum atomic E-state index is -0.370. The second-order valence-electron chi connectivity index (χ2n) is 8.07. The van der Waals surface area contributed by atoms with Crippen LogP contribution in [-0.2, 0) is 11.3 Å². The summed E-state index contributed by atoms with van der Waals surface area (Å²) >= 11 is 0. The molecule has 5 rings (SSSR count). The molecule has 5 heterocycles. The second-order valence-corrected chi connectivity index (χ2v) is 8.07. The molecule has 3 aliphatic heterocycles. The summed E-state index contributed by atoms with van der Waals surface area (Å²) in [6.07, 6.45) is 7.97. The topological polar surface area (TPSA) is 73.2 Å². The van der Waals surface area contributed by atoms with Crippen molar-refractivity contribution in [1.82, 2.24) is 24.7 Å². The van der Waals surface area contributed by atoms with Gasteiger partial charge in [0, 0.05) is 51.4 Å². The Morgan fingerprint density at radius 3 is 2.96 bits per heavy atom. The first-order valence-corrected chi connectivity index (χ1v) is 10.2. The van der Waals surface area contributed by atoms with Gasteiger partial charge in [-0.1, -0.05) is 6.42 Å². The molecule has 0 aliphatic carbocycles. The van der Waals surface area contributed by atoms with Crippen molar-refractivity contribution >= 4 is 23.1 Å². The number of carbonyl (C=O) groups excluding carboxylic acids is 2. The first kappa shape index (κ1) is 17.6. The number of amides is 3. The Hall–Kier alpha value is -2.45. The number of pyridine rings is 1. The van der Waals surface area contributed by atoms with E-state index < -0.39 is 0 Å². The summed E-state index contributed by atoms with van der Waals surface area (Å²) in [5, 5.41) is 6.77. The van der Waals surface area contributed by atoms with Crippen LogP contribution >= 0.6 is 0 Å². The van der Waals surface area contributed by atoms with Gasteiger partial charge in [-0.2, -0.15) is 5.10 Å². The highest BCUT2D eigenvalue weighted by molar-refractivity contribution is 6.07. The monoisotopic (exact) mass is 382 g/mol. The van der Waals surface area contributed by atoms with Crippen molar-refractivity contribution in [2.45, 2.75) is 38.3 Å². The van der Waals surface area contributed by atoms with Crippen LogP contribution in [0.15, 0.2) is 24.5 Å². The zero-order valence-electron chi connectivity index (χ0n) is 16.0. The van der Waals surface area contributed by atoms with Gasteiger partial charge in [-0.25, -0.2) is 9.31 Å². The number of piperidine rings is 1. The van der Waals surface area contributed by atoms with E-state index in [1.165, 1.54) is 31.4 Å². The maximum Gasteiger partial charge on any atom is 0.328 e. The smallest absolute Gasteiger partial charge is 0.298 e. The molecule has 3 amide bonds. The zero-order valence-corrected chi connectivity index (χ0v) is 16.0. The molecule has 3 aliphatic rings. The molecular formula is C20H26N6O2. The molecule has 2 aromatic heterocycles. The van der Waals surface area contributed by atoms with Crippen molar-refractivity contribution in [2.75, 3.05) is 37.6 Å². The molecule has 1 atom stereocenters. The Balaban J connectivity index is 1.35. The third-order valence-corrected chi connectivity index (χ3v) is 6.24. The third-order valence-electron chi connectivity index (χ3n) is 6.24. The van der Waals surface area contributed by atoms with Gasteiger partial charge in [0.1, 0.15) is 0 Å². The standard InChI is InChI=1S/C20H26N6O2/c27-19-5-7-25(20(28)22-19)18-12-21-26-8-4-15(11-17(18)26)13-23-9-10-24-6-2-1-3-16(24)14-23/h4,8,11-12,16H,1-3,5-7,9-10,13-14H2,(H,22,27,28)/t16-/m0/s1. The lowest BCUT2D eigenvalue weighted by Crippen LogP contribution is -2.54. The molecular weight excluding hydrogens is 356 g/mol. The molecule has 8 nitrogen and oxygen atoms in total. The van der Waals surface area contributed by atoms with Gasteiger partial charge in [-0.05, 0) is 37.1 Å². The Kier molecular flexibility index (Phi) is 4.52. The van der Waals surface area contributed by atoms with E-state index in [1.807, 2.05) is 6.20 Å². The number of rotatable bonds is 3. The van der Waals surface area contributed by atoms with E-state index in [9.17, 15) is 9.59 Å². The van der Waals surface area contributed by atoms with Crippen LogP contribution in [0.25, 0.3) is 5.52 Å². The molecule has 28 heavy (non-hydrogen) atoms. The van der Waals surface area contributed by atoms with Gasteiger partial charge in [0.05, 0.1) is 17.4 Å². The van der Waals surface area contributed by atoms with E-state index in [4.69, 9.17) is 0 Å². The molecule has 0 aromatic carbocycles. The average Bonchev–Trinajstić information content (AvgIpc) is 3.11. The summed E-state index contributed by atoms with van der Waals surface area (Å²) in [5.41, 5.74) is 2.88. The van der Waals surface area contributed by atoms with E-state index in [-0.39, 0.29) is 11.9 Å². The van der Waals surface area contributed by atoms with Crippen LogP contribution in [-0.4, -0.2) is 70.1 Å². The minimum absolute atomic E-state index is 0.222. The second kappa shape index (κ2) is 7.18. The van der Waals surface area contributed by atoms with Gasteiger partial charge in [-0.15, -0.1) is 0 Å². The molecule has 2 aromatic rings. The fourth-order valence-electron chi connectivity index (χ4n) is 4.73. The van der Waals surface area contributed by atoms with Gasteiger partial charge in [0.2, 0.25) is 5.91 Å². The average molecular weight is 382 g/mol. The van der Waals surface area contributed by atoms with E-state index in [1.54, 1.807) is 15.6 Å². The predicted octanol–water partition coefficient (Wildman–Crippen LogP) is 1.45. The summed E-state index contributed by atoms with van der Waals surface area (Å²) in [6.45, 7) is 5.95. The van der Waals surface area contributed by atoms with Crippen LogP contribution in [0.5, 0.6) is 0 Å². The number of imide groups is 1. The summed E-state index contributed by atoms with van der Waals surface area (Å²) in [5.74, 6) is -0.222. The number of urea groups is 1. The summed E-state index contributed by atoms with van der Waals surface area (Å²) in [7, 11) is 0. The number of fused-ring (bicyclic) bond motifs is 2. The number of hydrogen-bond acceptors (Lipinski definition) is 5. The summed E-state index contributed by atoms with van der Waals surface area (Å²) < 4.78 is 1.79. The van der Waals surface area contributed by atoms with Crippen LogP contribution in [0, 0.1) is 0 Å². The summed E-state index contributed by atoms with van der Waals surface area (Å²) in [6, 6.07) is 4.56. The van der Waals surface area contributed by atoms with Crippen molar-refractivity contribution in [2.24, 2.45) is 0 Å². The van der Waals surface area contributed by atoms with Crippen LogP contribution in [0.4, 0.5) is 10.5 Å². The van der Waals surface area contributed by atoms with E-state index in [0.29, 0.717) is 19.0 Å². The third kappa shape index (κ3) is 3.27. The number of nitrogens with zero attached hydrogens (tertiary/aromatic N) is 5. The fraction of sp³-hybridized carbons (Fsp3) is 0.550. The van der Waals surface area contributed by atoms with Gasteiger partial charge in [0.25, 0.3) is 0 Å². The zero-order chi connectivity index (χ0) is 19.1. The molecule has 3 fully saturated rings. The Labute approximate surface area is 164 Å². The van der Waals surface area contributed by atoms with Gasteiger partial charge in [0.15, 0.2) is 0 Å². The lowest BCUT2D eigenvalue weighted by atomic mass is 9.99. The van der Waals surface area contributed by atoms with E-state index in [0.717, 1.165) is 37.4 Å². The van der Waals surface area contributed by atoms with Crippen molar-refractivity contribution < 1.29 is 9.59 Å². The van der Waals surface area contributed by atoms with Crippen molar-refractivity contribution in [3.05, 3.63) is 30.1 Å². The van der Waals surface area contributed by atoms with E-state index in [2.05, 4.69) is 32.3 Å². The van der Waals surface area contributed by atoms with Crippen molar-refractivity contribution in [1.29, 1.82) is 0 Å². The molecule has 0 bridgehead atoms. The number of hydrogen-bond donors (Lipinski definition) is 1. The number of nitrogens with one attached hydrogen (secondary N) is 1. The highest BCUT2D eigenvalue weighted by Crippen LogP contribution is 2.26. The van der Waals surface area contributed by atoms with Gasteiger partial charge >= 0.3 is 6.03 Å². The maximum atomic E-state index is 12.2.